The van der Waals surface area contributed by atoms with Gasteiger partial charge in [0.2, 0.25) is 0 Å². The number of aromatic nitrogens is 1. The molecular formula is C22H21ClF3N5O2. The number of hydrogen-bond donors (Lipinski definition) is 3. The highest BCUT2D eigenvalue weighted by Gasteiger charge is 2.32. The van der Waals surface area contributed by atoms with Crippen LogP contribution in [0, 0.1) is 17.5 Å². The second-order valence-electron chi connectivity index (χ2n) is 7.55. The van der Waals surface area contributed by atoms with Crippen molar-refractivity contribution >= 4 is 39.9 Å². The van der Waals surface area contributed by atoms with Gasteiger partial charge in [-0.25, -0.2) is 22.9 Å². The van der Waals surface area contributed by atoms with Crippen LogP contribution < -0.4 is 16.4 Å². The van der Waals surface area contributed by atoms with Gasteiger partial charge in [0, 0.05) is 36.8 Å². The zero-order valence-corrected chi connectivity index (χ0v) is 18.3. The van der Waals surface area contributed by atoms with E-state index in [1.54, 1.807) is 0 Å². The van der Waals surface area contributed by atoms with Crippen LogP contribution in [0.3, 0.4) is 0 Å². The molecule has 1 aliphatic rings. The number of nitrogens with zero attached hydrogens (tertiary/aromatic N) is 2. The molecule has 1 atom stereocenters. The maximum Gasteiger partial charge on any atom is 0.322 e. The number of amides is 2. The second kappa shape index (κ2) is 9.42. The molecule has 33 heavy (non-hydrogen) atoms. The van der Waals surface area contributed by atoms with Gasteiger partial charge in [0.15, 0.2) is 11.6 Å². The number of benzene rings is 2. The summed E-state index contributed by atoms with van der Waals surface area (Å²) in [7, 11) is 1.54. The third kappa shape index (κ3) is 4.54. The van der Waals surface area contributed by atoms with Gasteiger partial charge >= 0.3 is 6.03 Å². The SMILES string of the molecule is CN(C(=O)Nc1ccc(F)c(Cl)c1)[C@H]1COCc2nc(NCCN)c3cc(F)c(F)cc3c21. The lowest BCUT2D eigenvalue weighted by Crippen LogP contribution is -2.39. The second-order valence-corrected chi connectivity index (χ2v) is 7.96. The van der Waals surface area contributed by atoms with Crippen LogP contribution in [0.5, 0.6) is 0 Å². The normalized spacial score (nSPS) is 15.3. The van der Waals surface area contributed by atoms with Crippen LogP contribution in [0.25, 0.3) is 10.8 Å². The van der Waals surface area contributed by atoms with E-state index < -0.39 is 29.5 Å². The fourth-order valence-corrected chi connectivity index (χ4v) is 3.95. The predicted octanol–water partition coefficient (Wildman–Crippen LogP) is 4.41. The molecule has 0 saturated carbocycles. The van der Waals surface area contributed by atoms with Gasteiger partial charge in [-0.05, 0) is 35.7 Å². The van der Waals surface area contributed by atoms with E-state index in [1.807, 2.05) is 0 Å². The summed E-state index contributed by atoms with van der Waals surface area (Å²) in [5.41, 5.74) is 6.91. The summed E-state index contributed by atoms with van der Waals surface area (Å²) in [5, 5.41) is 6.32. The van der Waals surface area contributed by atoms with Gasteiger partial charge in [0.1, 0.15) is 11.6 Å². The van der Waals surface area contributed by atoms with E-state index in [2.05, 4.69) is 15.6 Å². The molecule has 3 aromatic rings. The molecule has 1 aromatic heterocycles. The van der Waals surface area contributed by atoms with Crippen molar-refractivity contribution in [2.45, 2.75) is 12.6 Å². The van der Waals surface area contributed by atoms with Crippen LogP contribution in [0.15, 0.2) is 30.3 Å². The molecule has 4 rings (SSSR count). The number of nitrogens with one attached hydrogen (secondary N) is 2. The Morgan fingerprint density at radius 3 is 2.64 bits per heavy atom. The smallest absolute Gasteiger partial charge is 0.322 e. The van der Waals surface area contributed by atoms with Crippen LogP contribution in [0.2, 0.25) is 5.02 Å². The highest BCUT2D eigenvalue weighted by molar-refractivity contribution is 6.31. The molecule has 0 radical (unpaired) electrons. The van der Waals surface area contributed by atoms with Crippen molar-refractivity contribution in [2.75, 3.05) is 37.4 Å². The van der Waals surface area contributed by atoms with Crippen LogP contribution in [0.4, 0.5) is 29.5 Å². The van der Waals surface area contributed by atoms with E-state index in [0.717, 1.165) is 18.2 Å². The van der Waals surface area contributed by atoms with Gasteiger partial charge in [0.25, 0.3) is 0 Å². The molecule has 0 saturated heterocycles. The van der Waals surface area contributed by atoms with Crippen LogP contribution in [0.1, 0.15) is 17.3 Å². The average Bonchev–Trinajstić information content (AvgIpc) is 2.80. The minimum absolute atomic E-state index is 0.118. The molecule has 0 spiro atoms. The van der Waals surface area contributed by atoms with E-state index in [4.69, 9.17) is 22.1 Å². The minimum Gasteiger partial charge on any atom is -0.373 e. The van der Waals surface area contributed by atoms with Crippen molar-refractivity contribution < 1.29 is 22.7 Å². The molecule has 2 amide bonds. The molecule has 0 fully saturated rings. The number of pyridine rings is 1. The summed E-state index contributed by atoms with van der Waals surface area (Å²) < 4.78 is 47.4. The molecule has 1 aliphatic heterocycles. The van der Waals surface area contributed by atoms with E-state index >= 15 is 0 Å². The molecule has 2 heterocycles. The summed E-state index contributed by atoms with van der Waals surface area (Å²) in [5.74, 6) is -2.28. The average molecular weight is 480 g/mol. The zero-order valence-electron chi connectivity index (χ0n) is 17.6. The number of carbonyl (C=O) groups excluding carboxylic acids is 1. The van der Waals surface area contributed by atoms with Crippen molar-refractivity contribution in [3.05, 3.63) is 64.1 Å². The molecular weight excluding hydrogens is 459 g/mol. The Morgan fingerprint density at radius 1 is 1.21 bits per heavy atom. The Bertz CT molecular complexity index is 1230. The highest BCUT2D eigenvalue weighted by Crippen LogP contribution is 2.38. The van der Waals surface area contributed by atoms with E-state index in [-0.39, 0.29) is 18.2 Å². The van der Waals surface area contributed by atoms with E-state index in [9.17, 15) is 18.0 Å². The molecule has 0 unspecified atom stereocenters. The lowest BCUT2D eigenvalue weighted by atomic mass is 9.95. The predicted molar refractivity (Wildman–Crippen MR) is 120 cm³/mol. The maximum absolute atomic E-state index is 14.2. The number of fused-ring (bicyclic) bond motifs is 3. The van der Waals surface area contributed by atoms with Crippen molar-refractivity contribution in [3.8, 4) is 0 Å². The van der Waals surface area contributed by atoms with Crippen LogP contribution in [-0.2, 0) is 11.3 Å². The molecule has 0 bridgehead atoms. The Kier molecular flexibility index (Phi) is 6.59. The maximum atomic E-state index is 14.2. The molecule has 174 valence electrons. The van der Waals surface area contributed by atoms with Gasteiger partial charge in [-0.2, -0.15) is 0 Å². The van der Waals surface area contributed by atoms with Crippen molar-refractivity contribution in [1.82, 2.24) is 9.88 Å². The zero-order chi connectivity index (χ0) is 23.7. The third-order valence-electron chi connectivity index (χ3n) is 5.41. The van der Waals surface area contributed by atoms with Crippen LogP contribution >= 0.6 is 11.6 Å². The van der Waals surface area contributed by atoms with Gasteiger partial charge in [0.05, 0.1) is 30.0 Å². The first kappa shape index (κ1) is 23.1. The largest absolute Gasteiger partial charge is 0.373 e. The summed E-state index contributed by atoms with van der Waals surface area (Å²) >= 11 is 5.79. The Hall–Kier alpha value is -3.08. The number of urea groups is 1. The summed E-state index contributed by atoms with van der Waals surface area (Å²) in [6, 6.07) is 4.81. The topological polar surface area (TPSA) is 92.5 Å². The fourth-order valence-electron chi connectivity index (χ4n) is 3.77. The number of rotatable bonds is 5. The number of hydrogen-bond acceptors (Lipinski definition) is 5. The van der Waals surface area contributed by atoms with Gasteiger partial charge in [-0.1, -0.05) is 11.6 Å². The van der Waals surface area contributed by atoms with Gasteiger partial charge < -0.3 is 26.0 Å². The molecule has 4 N–H and O–H groups in total. The summed E-state index contributed by atoms with van der Waals surface area (Å²) in [6.07, 6.45) is 0. The Balaban J connectivity index is 1.74. The molecule has 2 aromatic carbocycles. The summed E-state index contributed by atoms with van der Waals surface area (Å²) in [4.78, 5) is 18.8. The molecule has 7 nitrogen and oxygen atoms in total. The standard InChI is InChI=1S/C22H21ClF3N5O2/c1-31(22(32)29-11-2-3-15(24)14(23)6-11)19-10-33-9-18-20(19)12-7-16(25)17(26)8-13(12)21(30-18)28-5-4-27/h2-3,6-8,19H,4-5,9-10,27H2,1H3,(H,28,30)(H,29,32)/t19-/m0/s1. The van der Waals surface area contributed by atoms with Crippen molar-refractivity contribution in [2.24, 2.45) is 5.73 Å². The minimum atomic E-state index is -1.01. The quantitative estimate of drug-likeness (QED) is 0.504. The lowest BCUT2D eigenvalue weighted by molar-refractivity contribution is 0.0529. The first-order valence-electron chi connectivity index (χ1n) is 10.1. The Labute approximate surface area is 192 Å². The number of carbonyl (C=O) groups is 1. The van der Waals surface area contributed by atoms with Gasteiger partial charge in [-0.15, -0.1) is 0 Å². The number of nitrogens with two attached hydrogens (primary N) is 1. The number of ether oxygens (including phenoxy) is 1. The third-order valence-corrected chi connectivity index (χ3v) is 5.70. The first-order valence-corrected chi connectivity index (χ1v) is 10.5. The monoisotopic (exact) mass is 479 g/mol. The number of halogens is 4. The number of anilines is 2. The summed E-state index contributed by atoms with van der Waals surface area (Å²) in [6.45, 7) is 0.958. The lowest BCUT2D eigenvalue weighted by Gasteiger charge is -2.34. The Morgan fingerprint density at radius 2 is 1.94 bits per heavy atom. The van der Waals surface area contributed by atoms with Crippen molar-refractivity contribution in [1.29, 1.82) is 0 Å². The van der Waals surface area contributed by atoms with E-state index in [0.29, 0.717) is 46.6 Å². The molecule has 11 heteroatoms. The number of likely N-dealkylation sites (N-methyl/N-ethyl adjacent to an activating group) is 1. The highest BCUT2D eigenvalue weighted by atomic mass is 35.5. The van der Waals surface area contributed by atoms with Crippen molar-refractivity contribution in [3.63, 3.8) is 0 Å². The van der Waals surface area contributed by atoms with E-state index in [1.165, 1.54) is 24.1 Å². The first-order chi connectivity index (χ1) is 15.8. The van der Waals surface area contributed by atoms with Crippen LogP contribution in [-0.4, -0.2) is 42.7 Å². The van der Waals surface area contributed by atoms with Gasteiger partial charge in [-0.3, -0.25) is 0 Å². The molecule has 0 aliphatic carbocycles. The fraction of sp³-hybridized carbons (Fsp3) is 0.273.